The first-order valence-corrected chi connectivity index (χ1v) is 19.2. The molecule has 0 radical (unpaired) electrons. The molecule has 1 saturated heterocycles. The third-order valence-electron chi connectivity index (χ3n) is 10.9. The molecule has 2 aromatic rings. The fourth-order valence-electron chi connectivity index (χ4n) is 8.49. The van der Waals surface area contributed by atoms with E-state index in [9.17, 15) is 13.0 Å². The van der Waals surface area contributed by atoms with E-state index >= 15 is 0 Å². The average molecular weight is 669 g/mol. The molecular formula is C41H54N3O3S+. The molecule has 0 aromatic heterocycles. The minimum atomic E-state index is -4.30. The lowest BCUT2D eigenvalue weighted by Crippen LogP contribution is -2.31. The van der Waals surface area contributed by atoms with E-state index in [1.165, 1.54) is 64.7 Å². The summed E-state index contributed by atoms with van der Waals surface area (Å²) in [5.74, 6) is 0. The van der Waals surface area contributed by atoms with E-state index in [0.29, 0.717) is 6.04 Å². The number of nitrogens with zero attached hydrogens (tertiary/aromatic N) is 3. The van der Waals surface area contributed by atoms with E-state index in [4.69, 9.17) is 0 Å². The highest BCUT2D eigenvalue weighted by Gasteiger charge is 2.43. The van der Waals surface area contributed by atoms with Gasteiger partial charge in [-0.05, 0) is 101 Å². The van der Waals surface area contributed by atoms with Crippen LogP contribution in [0.2, 0.25) is 0 Å². The highest BCUT2D eigenvalue weighted by Crippen LogP contribution is 2.51. The van der Waals surface area contributed by atoms with E-state index in [1.807, 2.05) is 6.07 Å². The van der Waals surface area contributed by atoms with Crippen molar-refractivity contribution in [3.05, 3.63) is 99.9 Å². The van der Waals surface area contributed by atoms with Crippen molar-refractivity contribution in [1.82, 2.24) is 0 Å². The topological polar surface area (TPSA) is 63.9 Å². The molecule has 1 aliphatic carbocycles. The summed E-state index contributed by atoms with van der Waals surface area (Å²) in [6.45, 7) is 22.3. The molecule has 48 heavy (non-hydrogen) atoms. The molecule has 2 aromatic carbocycles. The Balaban J connectivity index is 1.43. The van der Waals surface area contributed by atoms with Crippen LogP contribution in [0.3, 0.4) is 0 Å². The number of fused-ring (bicyclic) bond motifs is 2. The molecule has 0 bridgehead atoms. The maximum absolute atomic E-state index is 12.1. The molecule has 3 heterocycles. The van der Waals surface area contributed by atoms with Gasteiger partial charge in [-0.1, -0.05) is 57.5 Å². The van der Waals surface area contributed by atoms with Crippen molar-refractivity contribution in [2.75, 3.05) is 22.9 Å². The smallest absolute Gasteiger partial charge is 0.294 e. The van der Waals surface area contributed by atoms with Gasteiger partial charge in [-0.3, -0.25) is 4.55 Å². The SMILES string of the molecule is Cc1ccc2c(c1)C(C)(C)C(=CC=C1CC/C(=C\C=C3\N(C(C)C)c4ccc(S(=O)(=O)O)cc4C3(C)C)C1=[N+]1CCCCC1)N2C(C)C. The first-order valence-electron chi connectivity index (χ1n) is 17.8. The monoisotopic (exact) mass is 668 g/mol. The zero-order valence-corrected chi connectivity index (χ0v) is 31.2. The number of benzene rings is 2. The number of aryl methyl sites for hydroxylation is 1. The summed E-state index contributed by atoms with van der Waals surface area (Å²) in [7, 11) is -4.30. The molecule has 4 aliphatic rings. The van der Waals surface area contributed by atoms with Crippen LogP contribution in [0.1, 0.15) is 104 Å². The van der Waals surface area contributed by atoms with Crippen LogP contribution in [0.4, 0.5) is 11.4 Å². The van der Waals surface area contributed by atoms with Gasteiger partial charge in [-0.25, -0.2) is 4.58 Å². The zero-order valence-electron chi connectivity index (χ0n) is 30.4. The van der Waals surface area contributed by atoms with Gasteiger partial charge in [0.2, 0.25) is 5.71 Å². The molecule has 6 nitrogen and oxygen atoms in total. The van der Waals surface area contributed by atoms with Gasteiger partial charge in [0, 0.05) is 69.7 Å². The number of allylic oxidation sites excluding steroid dienone is 8. The van der Waals surface area contributed by atoms with E-state index in [-0.39, 0.29) is 16.4 Å². The third kappa shape index (κ3) is 5.91. The summed E-state index contributed by atoms with van der Waals surface area (Å²) in [5.41, 5.74) is 12.1. The van der Waals surface area contributed by atoms with Crippen LogP contribution in [0.25, 0.3) is 0 Å². The second-order valence-corrected chi connectivity index (χ2v) is 17.2. The molecular weight excluding hydrogens is 615 g/mol. The molecule has 0 atom stereocenters. The molecule has 2 fully saturated rings. The summed E-state index contributed by atoms with van der Waals surface area (Å²) >= 11 is 0. The van der Waals surface area contributed by atoms with Gasteiger partial charge in [-0.2, -0.15) is 8.42 Å². The Hall–Kier alpha value is -3.42. The maximum atomic E-state index is 12.1. The van der Waals surface area contributed by atoms with Gasteiger partial charge in [0.05, 0.1) is 4.90 Å². The summed E-state index contributed by atoms with van der Waals surface area (Å²) in [4.78, 5) is 4.78. The zero-order chi connectivity index (χ0) is 34.8. The first-order chi connectivity index (χ1) is 22.5. The lowest BCUT2D eigenvalue weighted by molar-refractivity contribution is -0.536. The van der Waals surface area contributed by atoms with Crippen molar-refractivity contribution >= 4 is 27.2 Å². The minimum Gasteiger partial charge on any atom is -0.341 e. The van der Waals surface area contributed by atoms with E-state index in [0.717, 1.165) is 42.9 Å². The Morgan fingerprint density at radius 1 is 0.729 bits per heavy atom. The number of rotatable bonds is 5. The van der Waals surface area contributed by atoms with Gasteiger partial charge in [0.25, 0.3) is 10.1 Å². The molecule has 0 amide bonds. The summed E-state index contributed by atoms with van der Waals surface area (Å²) in [5, 5.41) is 0. The Kier molecular flexibility index (Phi) is 8.95. The van der Waals surface area contributed by atoms with Gasteiger partial charge in [-0.15, -0.1) is 0 Å². The number of piperidine rings is 1. The largest absolute Gasteiger partial charge is 0.341 e. The molecule has 3 aliphatic heterocycles. The second kappa shape index (κ2) is 12.5. The number of hydrogen-bond donors (Lipinski definition) is 1. The van der Waals surface area contributed by atoms with Gasteiger partial charge < -0.3 is 9.80 Å². The van der Waals surface area contributed by atoms with Crippen LogP contribution in [-0.4, -0.2) is 48.4 Å². The Morgan fingerprint density at radius 3 is 1.69 bits per heavy atom. The van der Waals surface area contributed by atoms with Gasteiger partial charge in [0.15, 0.2) is 0 Å². The molecule has 0 spiro atoms. The third-order valence-corrected chi connectivity index (χ3v) is 11.8. The highest BCUT2D eigenvalue weighted by molar-refractivity contribution is 7.85. The van der Waals surface area contributed by atoms with Crippen molar-refractivity contribution in [1.29, 1.82) is 0 Å². The molecule has 1 saturated carbocycles. The molecule has 7 heteroatoms. The molecule has 1 N–H and O–H groups in total. The van der Waals surface area contributed by atoms with E-state index < -0.39 is 15.5 Å². The molecule has 6 rings (SSSR count). The Bertz CT molecular complexity index is 1900. The Morgan fingerprint density at radius 2 is 1.21 bits per heavy atom. The highest BCUT2D eigenvalue weighted by atomic mass is 32.2. The summed E-state index contributed by atoms with van der Waals surface area (Å²) in [6, 6.07) is 12.4. The van der Waals surface area contributed by atoms with Gasteiger partial charge >= 0.3 is 0 Å². The normalized spacial score (nSPS) is 23.9. The lowest BCUT2D eigenvalue weighted by atomic mass is 9.83. The van der Waals surface area contributed by atoms with Crippen LogP contribution in [0, 0.1) is 6.92 Å². The van der Waals surface area contributed by atoms with Crippen LogP contribution in [-0.2, 0) is 20.9 Å². The van der Waals surface area contributed by atoms with Crippen molar-refractivity contribution in [3.8, 4) is 0 Å². The quantitative estimate of drug-likeness (QED) is 0.255. The van der Waals surface area contributed by atoms with E-state index in [1.54, 1.807) is 6.07 Å². The second-order valence-electron chi connectivity index (χ2n) is 15.7. The standard InChI is InChI=1S/C41H53N3O3S/c1-27(2)43-35-19-13-29(5)25-33(35)40(6,7)37(43)21-16-30-14-15-31(39(30)42-23-11-10-12-24-42)17-22-38-41(8,9)34-26-32(48(45,46)47)18-20-36(34)44(38)28(3)4/h13,16-22,25-28H,10-12,14-15,23-24H2,1-9H3/p+1. The minimum absolute atomic E-state index is 0.0576. The predicted octanol–water partition coefficient (Wildman–Crippen LogP) is 9.01. The fourth-order valence-corrected chi connectivity index (χ4v) is 9.00. The first kappa shape index (κ1) is 34.4. The Labute approximate surface area is 289 Å². The lowest BCUT2D eigenvalue weighted by Gasteiger charge is -2.30. The summed E-state index contributed by atoms with van der Waals surface area (Å²) < 4.78 is 36.5. The van der Waals surface area contributed by atoms with Crippen molar-refractivity contribution in [2.24, 2.45) is 0 Å². The van der Waals surface area contributed by atoms with Crippen molar-refractivity contribution in [3.63, 3.8) is 0 Å². The number of hydrogen-bond acceptors (Lipinski definition) is 4. The van der Waals surface area contributed by atoms with Crippen LogP contribution in [0.15, 0.2) is 88.1 Å². The van der Waals surface area contributed by atoms with E-state index in [2.05, 4.69) is 119 Å². The van der Waals surface area contributed by atoms with Crippen molar-refractivity contribution < 1.29 is 17.5 Å². The molecule has 256 valence electrons. The fraction of sp³-hybridized carbons (Fsp3) is 0.488. The predicted molar refractivity (Wildman–Crippen MR) is 199 cm³/mol. The maximum Gasteiger partial charge on any atom is 0.294 e. The van der Waals surface area contributed by atoms with Crippen LogP contribution < -0.4 is 9.80 Å². The average Bonchev–Trinajstić information content (AvgIpc) is 3.60. The van der Waals surface area contributed by atoms with Crippen LogP contribution in [0.5, 0.6) is 0 Å². The van der Waals surface area contributed by atoms with Crippen molar-refractivity contribution in [2.45, 2.75) is 122 Å². The summed E-state index contributed by atoms with van der Waals surface area (Å²) in [6.07, 6.45) is 15.1. The number of anilines is 2. The molecule has 0 unspecified atom stereocenters. The van der Waals surface area contributed by atoms with Crippen LogP contribution >= 0.6 is 0 Å². The van der Waals surface area contributed by atoms with Gasteiger partial charge in [0.1, 0.15) is 13.1 Å².